The molecule has 0 unspecified atom stereocenters. The summed E-state index contributed by atoms with van der Waals surface area (Å²) in [6, 6.07) is 11.6. The minimum atomic E-state index is -1.48. The highest BCUT2D eigenvalue weighted by Crippen LogP contribution is 2.21. The third-order valence-corrected chi connectivity index (χ3v) is 6.36. The summed E-state index contributed by atoms with van der Waals surface area (Å²) in [6.07, 6.45) is 1.49. The van der Waals surface area contributed by atoms with E-state index in [0.717, 1.165) is 29.7 Å². The number of amides is 1. The number of carbonyl (C=O) groups excluding carboxylic acids is 1. The number of aliphatic hydroxyl groups is 4. The van der Waals surface area contributed by atoms with Gasteiger partial charge in [0, 0.05) is 38.5 Å². The van der Waals surface area contributed by atoms with Crippen molar-refractivity contribution < 1.29 is 34.7 Å². The number of β-amino-alcohol motifs (C(OH)–C–C–N with tert-alkyl or cyclic N) is 1. The van der Waals surface area contributed by atoms with E-state index in [4.69, 9.17) is 9.47 Å². The normalized spacial score (nSPS) is 23.3. The number of pyridine rings is 1. The topological polar surface area (TPSA) is 133 Å². The van der Waals surface area contributed by atoms with E-state index >= 15 is 0 Å². The van der Waals surface area contributed by atoms with Crippen molar-refractivity contribution in [1.82, 2.24) is 9.88 Å². The summed E-state index contributed by atoms with van der Waals surface area (Å²) in [5.74, 6) is 0.635. The molecule has 1 aromatic carbocycles. The van der Waals surface area contributed by atoms with Crippen LogP contribution in [0.3, 0.4) is 0 Å². The Bertz CT molecular complexity index is 914. The number of aromatic nitrogens is 1. The van der Waals surface area contributed by atoms with E-state index in [1.807, 2.05) is 36.4 Å². The van der Waals surface area contributed by atoms with Crippen LogP contribution in [0.25, 0.3) is 0 Å². The Kier molecular flexibility index (Phi) is 11.6. The highest BCUT2D eigenvalue weighted by Gasteiger charge is 2.34. The highest BCUT2D eigenvalue weighted by atomic mass is 16.5. The first kappa shape index (κ1) is 28.0. The molecule has 3 rings (SSSR count). The predicted molar refractivity (Wildman–Crippen MR) is 133 cm³/mol. The average molecular weight is 503 g/mol. The lowest BCUT2D eigenvalue weighted by Gasteiger charge is -2.33. The number of benzene rings is 1. The van der Waals surface area contributed by atoms with Crippen molar-refractivity contribution in [2.24, 2.45) is 0 Å². The number of para-hydroxylation sites is 1. The fraction of sp³-hybridized carbons (Fsp3) is 0.556. The van der Waals surface area contributed by atoms with Crippen molar-refractivity contribution in [3.8, 4) is 5.75 Å². The first-order valence-corrected chi connectivity index (χ1v) is 12.6. The second kappa shape index (κ2) is 14.9. The second-order valence-electron chi connectivity index (χ2n) is 9.11. The van der Waals surface area contributed by atoms with E-state index in [1.54, 1.807) is 12.4 Å². The van der Waals surface area contributed by atoms with E-state index in [9.17, 15) is 25.2 Å². The Morgan fingerprint density at radius 1 is 1.11 bits per heavy atom. The Morgan fingerprint density at radius 2 is 1.94 bits per heavy atom. The molecule has 4 atom stereocenters. The van der Waals surface area contributed by atoms with Crippen LogP contribution in [0.4, 0.5) is 0 Å². The van der Waals surface area contributed by atoms with Crippen molar-refractivity contribution >= 4 is 5.91 Å². The number of rotatable bonds is 5. The Morgan fingerprint density at radius 3 is 2.72 bits per heavy atom. The molecular weight excluding hydrogens is 464 g/mol. The van der Waals surface area contributed by atoms with Gasteiger partial charge in [-0.25, -0.2) is 0 Å². The van der Waals surface area contributed by atoms with E-state index in [-0.39, 0.29) is 25.5 Å². The molecule has 1 amide bonds. The summed E-state index contributed by atoms with van der Waals surface area (Å²) in [5.41, 5.74) is 2.01. The quantitative estimate of drug-likeness (QED) is 0.478. The lowest BCUT2D eigenvalue weighted by Crippen LogP contribution is -2.52. The van der Waals surface area contributed by atoms with Crippen LogP contribution in [-0.2, 0) is 22.4 Å². The number of aryl methyl sites for hydroxylation is 2. The number of fused-ring (bicyclic) bond motifs is 1. The van der Waals surface area contributed by atoms with Gasteiger partial charge in [0.2, 0.25) is 5.91 Å². The van der Waals surface area contributed by atoms with Crippen LogP contribution in [-0.4, -0.2) is 93.5 Å². The van der Waals surface area contributed by atoms with E-state index in [1.165, 1.54) is 4.90 Å². The van der Waals surface area contributed by atoms with Gasteiger partial charge in [0.15, 0.2) is 0 Å². The smallest absolute Gasteiger partial charge is 0.222 e. The molecular formula is C27H38N2O7. The van der Waals surface area contributed by atoms with Gasteiger partial charge in [-0.05, 0) is 55.4 Å². The van der Waals surface area contributed by atoms with Crippen molar-refractivity contribution in [2.45, 2.75) is 62.9 Å². The zero-order chi connectivity index (χ0) is 25.8. The molecule has 0 aliphatic carbocycles. The molecule has 4 N–H and O–H groups in total. The van der Waals surface area contributed by atoms with Crippen LogP contribution in [0, 0.1) is 0 Å². The first-order valence-electron chi connectivity index (χ1n) is 12.6. The predicted octanol–water partition coefficient (Wildman–Crippen LogP) is 1.11. The van der Waals surface area contributed by atoms with Gasteiger partial charge in [0.25, 0.3) is 0 Å². The van der Waals surface area contributed by atoms with Crippen LogP contribution >= 0.6 is 0 Å². The van der Waals surface area contributed by atoms with Crippen LogP contribution in [0.1, 0.15) is 36.8 Å². The average Bonchev–Trinajstić information content (AvgIpc) is 2.90. The van der Waals surface area contributed by atoms with Gasteiger partial charge in [-0.2, -0.15) is 0 Å². The van der Waals surface area contributed by atoms with Gasteiger partial charge in [0.05, 0.1) is 13.2 Å². The lowest BCUT2D eigenvalue weighted by atomic mass is 10.0. The van der Waals surface area contributed by atoms with Crippen LogP contribution in [0.2, 0.25) is 0 Å². The number of carbonyl (C=O) groups is 1. The molecule has 0 saturated heterocycles. The zero-order valence-corrected chi connectivity index (χ0v) is 20.6. The zero-order valence-electron chi connectivity index (χ0n) is 20.6. The van der Waals surface area contributed by atoms with Crippen LogP contribution in [0.5, 0.6) is 5.75 Å². The molecule has 1 aliphatic heterocycles. The van der Waals surface area contributed by atoms with Gasteiger partial charge in [-0.1, -0.05) is 24.3 Å². The van der Waals surface area contributed by atoms with Gasteiger partial charge in [-0.3, -0.25) is 9.78 Å². The second-order valence-corrected chi connectivity index (χ2v) is 9.11. The molecule has 0 spiro atoms. The van der Waals surface area contributed by atoms with Crippen LogP contribution in [0.15, 0.2) is 48.8 Å². The first-order chi connectivity index (χ1) is 17.5. The molecule has 2 heterocycles. The molecule has 1 aliphatic rings. The monoisotopic (exact) mass is 502 g/mol. The SMILES string of the molecule is O=C(CCc1cccnc1)N1CCCOc2ccccc2CCCCO[C@H]([C@H](O)CO)[C@H](O)[C@H](O)C1. The Hall–Kier alpha value is -2.56. The van der Waals surface area contributed by atoms with Crippen molar-refractivity contribution in [1.29, 1.82) is 0 Å². The minimum Gasteiger partial charge on any atom is -0.493 e. The number of hydrogen-bond donors (Lipinski definition) is 4. The molecule has 2 aromatic rings. The summed E-state index contributed by atoms with van der Waals surface area (Å²) in [7, 11) is 0. The summed E-state index contributed by atoms with van der Waals surface area (Å²) in [5, 5.41) is 41.2. The Labute approximate surface area is 212 Å². The van der Waals surface area contributed by atoms with Gasteiger partial charge in [-0.15, -0.1) is 0 Å². The maximum absolute atomic E-state index is 13.1. The molecule has 0 radical (unpaired) electrons. The van der Waals surface area contributed by atoms with Crippen molar-refractivity contribution in [3.05, 3.63) is 59.9 Å². The number of nitrogens with zero attached hydrogens (tertiary/aromatic N) is 2. The molecule has 198 valence electrons. The van der Waals surface area contributed by atoms with Gasteiger partial charge in [0.1, 0.15) is 30.2 Å². The van der Waals surface area contributed by atoms with Gasteiger partial charge >= 0.3 is 0 Å². The molecule has 0 fully saturated rings. The largest absolute Gasteiger partial charge is 0.493 e. The molecule has 9 heteroatoms. The third kappa shape index (κ3) is 8.53. The summed E-state index contributed by atoms with van der Waals surface area (Å²) >= 11 is 0. The summed E-state index contributed by atoms with van der Waals surface area (Å²) < 4.78 is 11.7. The number of hydrogen-bond acceptors (Lipinski definition) is 8. The van der Waals surface area contributed by atoms with E-state index in [0.29, 0.717) is 32.4 Å². The van der Waals surface area contributed by atoms with Gasteiger partial charge < -0.3 is 34.8 Å². The van der Waals surface area contributed by atoms with Crippen molar-refractivity contribution in [3.63, 3.8) is 0 Å². The number of aliphatic hydroxyl groups excluding tert-OH is 4. The fourth-order valence-corrected chi connectivity index (χ4v) is 4.29. The van der Waals surface area contributed by atoms with Crippen molar-refractivity contribution in [2.75, 3.05) is 32.9 Å². The third-order valence-electron chi connectivity index (χ3n) is 6.36. The molecule has 9 nitrogen and oxygen atoms in total. The Balaban J connectivity index is 1.74. The number of ether oxygens (including phenoxy) is 2. The molecule has 0 bridgehead atoms. The minimum absolute atomic E-state index is 0.137. The van der Waals surface area contributed by atoms with E-state index in [2.05, 4.69) is 4.98 Å². The van der Waals surface area contributed by atoms with E-state index < -0.39 is 31.0 Å². The fourth-order valence-electron chi connectivity index (χ4n) is 4.29. The molecule has 36 heavy (non-hydrogen) atoms. The highest BCUT2D eigenvalue weighted by molar-refractivity contribution is 5.76. The maximum Gasteiger partial charge on any atom is 0.222 e. The van der Waals surface area contributed by atoms with Crippen LogP contribution < -0.4 is 4.74 Å². The molecule has 1 aromatic heterocycles. The molecule has 0 saturated carbocycles. The summed E-state index contributed by atoms with van der Waals surface area (Å²) in [6.45, 7) is 0.208. The summed E-state index contributed by atoms with van der Waals surface area (Å²) in [4.78, 5) is 18.7. The maximum atomic E-state index is 13.1. The lowest BCUT2D eigenvalue weighted by molar-refractivity contribution is -0.151. The standard InChI is InChI=1S/C27H38N2O7/c30-19-23(32)27-26(34)22(31)18-29(25(33)12-11-20-7-5-13-28-17-20)14-6-16-35-24-10-2-1-8-21(24)9-3-4-15-36-27/h1-2,5,7-8,10,13,17,22-23,26-27,30-32,34H,3-4,6,9,11-12,14-16,18-19H2/t22-,23-,26-,27-/m1/s1.